The molecule has 0 radical (unpaired) electrons. The largest absolute Gasteiger partial charge is 0.467 e. The molecule has 1 unspecified atom stereocenters. The first-order valence-electron chi connectivity index (χ1n) is 8.62. The molecular weight excluding hydrogens is 447 g/mol. The number of carbonyl (C=O) groups is 2. The van der Waals surface area contributed by atoms with Gasteiger partial charge in [0.1, 0.15) is 29.1 Å². The van der Waals surface area contributed by atoms with Crippen molar-refractivity contribution in [2.75, 3.05) is 6.61 Å². The summed E-state index contributed by atoms with van der Waals surface area (Å²) in [6.45, 7) is -0.597. The molecule has 3 heterocycles. The van der Waals surface area contributed by atoms with Gasteiger partial charge < -0.3 is 13.6 Å². The first-order chi connectivity index (χ1) is 14.0. The van der Waals surface area contributed by atoms with Gasteiger partial charge in [-0.2, -0.15) is 5.10 Å². The first-order valence-corrected chi connectivity index (χ1v) is 9.41. The van der Waals surface area contributed by atoms with E-state index in [0.29, 0.717) is 28.1 Å². The molecule has 2 aromatic heterocycles. The lowest BCUT2D eigenvalue weighted by atomic mass is 10.1. The highest BCUT2D eigenvalue weighted by atomic mass is 79.9. The quantitative estimate of drug-likeness (QED) is 0.529. The third kappa shape index (κ3) is 4.00. The second kappa shape index (κ2) is 8.04. The molecule has 0 saturated heterocycles. The van der Waals surface area contributed by atoms with E-state index in [1.807, 2.05) is 0 Å². The van der Waals surface area contributed by atoms with Gasteiger partial charge in [-0.3, -0.25) is 4.79 Å². The average Bonchev–Trinajstić information content (AvgIpc) is 3.46. The molecule has 1 aromatic carbocycles. The molecule has 0 spiro atoms. The molecule has 0 saturated carbocycles. The number of benzene rings is 1. The van der Waals surface area contributed by atoms with Crippen LogP contribution in [-0.4, -0.2) is 29.2 Å². The molecule has 148 valence electrons. The Morgan fingerprint density at radius 3 is 2.69 bits per heavy atom. The number of nitrogens with zero attached hydrogens (tertiary/aromatic N) is 2. The zero-order chi connectivity index (χ0) is 20.4. The molecule has 0 bridgehead atoms. The van der Waals surface area contributed by atoms with Crippen molar-refractivity contribution < 1.29 is 27.6 Å². The Balaban J connectivity index is 1.50. The van der Waals surface area contributed by atoms with Crippen molar-refractivity contribution in [3.8, 4) is 0 Å². The highest BCUT2D eigenvalue weighted by Crippen LogP contribution is 2.33. The number of esters is 1. The molecule has 0 N–H and O–H groups in total. The number of carbonyl (C=O) groups excluding carboxylic acids is 2. The van der Waals surface area contributed by atoms with Crippen LogP contribution in [0.5, 0.6) is 0 Å². The van der Waals surface area contributed by atoms with Gasteiger partial charge in [0, 0.05) is 10.9 Å². The number of rotatable bonds is 5. The number of ether oxygens (including phenoxy) is 1. The number of hydrogen-bond donors (Lipinski definition) is 0. The molecule has 9 heteroatoms. The van der Waals surface area contributed by atoms with Crippen LogP contribution in [0.15, 0.2) is 73.4 Å². The fourth-order valence-electron chi connectivity index (χ4n) is 2.96. The van der Waals surface area contributed by atoms with Gasteiger partial charge in [0.2, 0.25) is 0 Å². The number of amides is 1. The number of furan rings is 2. The summed E-state index contributed by atoms with van der Waals surface area (Å²) in [5, 5.41) is 5.52. The minimum absolute atomic E-state index is 0.259. The maximum Gasteiger partial charge on any atom is 0.341 e. The first kappa shape index (κ1) is 19.1. The van der Waals surface area contributed by atoms with Crippen LogP contribution < -0.4 is 0 Å². The van der Waals surface area contributed by atoms with E-state index in [4.69, 9.17) is 13.6 Å². The number of hydrazone groups is 1. The van der Waals surface area contributed by atoms with Crippen LogP contribution in [0.1, 0.15) is 34.3 Å². The van der Waals surface area contributed by atoms with Crippen LogP contribution in [0.25, 0.3) is 0 Å². The maximum atomic E-state index is 13.9. The Morgan fingerprint density at radius 1 is 1.21 bits per heavy atom. The molecule has 0 aliphatic carbocycles. The highest BCUT2D eigenvalue weighted by Gasteiger charge is 2.36. The monoisotopic (exact) mass is 460 g/mol. The van der Waals surface area contributed by atoms with Gasteiger partial charge in [-0.25, -0.2) is 14.2 Å². The summed E-state index contributed by atoms with van der Waals surface area (Å²) in [6, 6.07) is 10.3. The predicted octanol–water partition coefficient (Wildman–Crippen LogP) is 4.31. The fourth-order valence-corrected chi connectivity index (χ4v) is 3.29. The SMILES string of the molecule is O=C(OCC(=O)N1N=C(c2ccco2)CC1c1ccco1)c1ccc(Br)cc1F. The molecule has 1 aliphatic rings. The van der Waals surface area contributed by atoms with E-state index >= 15 is 0 Å². The van der Waals surface area contributed by atoms with E-state index in [1.165, 1.54) is 29.7 Å². The number of hydrogen-bond acceptors (Lipinski definition) is 6. The summed E-state index contributed by atoms with van der Waals surface area (Å²) in [5.41, 5.74) is 0.305. The second-order valence-corrected chi connectivity index (χ2v) is 7.11. The van der Waals surface area contributed by atoms with Crippen molar-refractivity contribution in [2.45, 2.75) is 12.5 Å². The van der Waals surface area contributed by atoms with Crippen molar-refractivity contribution in [1.82, 2.24) is 5.01 Å². The molecule has 29 heavy (non-hydrogen) atoms. The van der Waals surface area contributed by atoms with Crippen molar-refractivity contribution in [3.63, 3.8) is 0 Å². The van der Waals surface area contributed by atoms with Gasteiger partial charge in [0.25, 0.3) is 5.91 Å². The van der Waals surface area contributed by atoms with Gasteiger partial charge in [-0.1, -0.05) is 15.9 Å². The van der Waals surface area contributed by atoms with Crippen molar-refractivity contribution >= 4 is 33.5 Å². The van der Waals surface area contributed by atoms with Gasteiger partial charge in [0.15, 0.2) is 6.61 Å². The second-order valence-electron chi connectivity index (χ2n) is 6.20. The van der Waals surface area contributed by atoms with E-state index in [1.54, 1.807) is 24.3 Å². The molecule has 4 rings (SSSR count). The zero-order valence-corrected chi connectivity index (χ0v) is 16.5. The van der Waals surface area contributed by atoms with Gasteiger partial charge >= 0.3 is 5.97 Å². The van der Waals surface area contributed by atoms with Crippen molar-refractivity contribution in [1.29, 1.82) is 0 Å². The van der Waals surface area contributed by atoms with Crippen LogP contribution in [0.3, 0.4) is 0 Å². The lowest BCUT2D eigenvalue weighted by molar-refractivity contribution is -0.136. The summed E-state index contributed by atoms with van der Waals surface area (Å²) >= 11 is 3.12. The molecule has 7 nitrogen and oxygen atoms in total. The Bertz CT molecular complexity index is 1060. The van der Waals surface area contributed by atoms with Crippen molar-refractivity contribution in [3.05, 3.63) is 82.4 Å². The molecule has 3 aromatic rings. The smallest absolute Gasteiger partial charge is 0.341 e. The van der Waals surface area contributed by atoms with Crippen LogP contribution in [0, 0.1) is 5.82 Å². The van der Waals surface area contributed by atoms with E-state index in [9.17, 15) is 14.0 Å². The van der Waals surface area contributed by atoms with Crippen LogP contribution in [-0.2, 0) is 9.53 Å². The molecule has 1 aliphatic heterocycles. The average molecular weight is 461 g/mol. The fraction of sp³-hybridized carbons (Fsp3) is 0.150. The van der Waals surface area contributed by atoms with Gasteiger partial charge in [-0.05, 0) is 42.5 Å². The molecule has 1 atom stereocenters. The van der Waals surface area contributed by atoms with Gasteiger partial charge in [0.05, 0.1) is 18.1 Å². The third-order valence-electron chi connectivity index (χ3n) is 4.32. The van der Waals surface area contributed by atoms with E-state index in [2.05, 4.69) is 21.0 Å². The van der Waals surface area contributed by atoms with Crippen LogP contribution >= 0.6 is 15.9 Å². The predicted molar refractivity (Wildman–Crippen MR) is 103 cm³/mol. The summed E-state index contributed by atoms with van der Waals surface area (Å²) in [4.78, 5) is 24.8. The summed E-state index contributed by atoms with van der Waals surface area (Å²) in [5.74, 6) is -1.18. The Kier molecular flexibility index (Phi) is 5.30. The summed E-state index contributed by atoms with van der Waals surface area (Å²) < 4.78 is 30.2. The number of halogens is 2. The van der Waals surface area contributed by atoms with Crippen LogP contribution in [0.4, 0.5) is 4.39 Å². The van der Waals surface area contributed by atoms with Crippen LogP contribution in [0.2, 0.25) is 0 Å². The topological polar surface area (TPSA) is 85.3 Å². The zero-order valence-electron chi connectivity index (χ0n) is 14.9. The maximum absolute atomic E-state index is 13.9. The summed E-state index contributed by atoms with van der Waals surface area (Å²) in [6.07, 6.45) is 3.39. The lowest BCUT2D eigenvalue weighted by Gasteiger charge is -2.19. The Hall–Kier alpha value is -3.20. The van der Waals surface area contributed by atoms with Crippen molar-refractivity contribution in [2.24, 2.45) is 5.10 Å². The Labute approximate surface area is 172 Å². The normalized spacial score (nSPS) is 16.0. The van der Waals surface area contributed by atoms with E-state index in [-0.39, 0.29) is 5.56 Å². The minimum Gasteiger partial charge on any atom is -0.467 e. The van der Waals surface area contributed by atoms with E-state index in [0.717, 1.165) is 6.07 Å². The summed E-state index contributed by atoms with van der Waals surface area (Å²) in [7, 11) is 0. The molecule has 1 amide bonds. The standard InChI is InChI=1S/C20H14BrFN2O5/c21-12-5-6-13(14(22)9-12)20(26)29-11-19(25)24-16(18-4-2-8-28-18)10-15(23-24)17-3-1-7-27-17/h1-9,16H,10-11H2. The van der Waals surface area contributed by atoms with E-state index < -0.39 is 30.3 Å². The molecular formula is C20H14BrFN2O5. The molecule has 0 fully saturated rings. The lowest BCUT2D eigenvalue weighted by Crippen LogP contribution is -2.31. The van der Waals surface area contributed by atoms with Gasteiger partial charge in [-0.15, -0.1) is 0 Å². The third-order valence-corrected chi connectivity index (χ3v) is 4.81. The Morgan fingerprint density at radius 2 is 2.00 bits per heavy atom. The minimum atomic E-state index is -0.938. The highest BCUT2D eigenvalue weighted by molar-refractivity contribution is 9.10.